The van der Waals surface area contributed by atoms with Crippen molar-refractivity contribution in [2.75, 3.05) is 13.1 Å². The normalized spacial score (nSPS) is 19.5. The van der Waals surface area contributed by atoms with Gasteiger partial charge in [-0.2, -0.15) is 0 Å². The summed E-state index contributed by atoms with van der Waals surface area (Å²) in [5.41, 5.74) is 2.35. The zero-order valence-electron chi connectivity index (χ0n) is 31.0. The summed E-state index contributed by atoms with van der Waals surface area (Å²) in [5.74, 6) is -2.40. The summed E-state index contributed by atoms with van der Waals surface area (Å²) in [6.45, 7) is 1.25. The smallest absolute Gasteiger partial charge is 0.268 e. The molecule has 53 heavy (non-hydrogen) atoms. The first-order valence-corrected chi connectivity index (χ1v) is 19.7. The van der Waals surface area contributed by atoms with E-state index in [0.29, 0.717) is 25.9 Å². The third-order valence-electron chi connectivity index (χ3n) is 10.1. The molecule has 0 radical (unpaired) electrons. The Morgan fingerprint density at radius 1 is 0.491 bits per heavy atom. The number of amides is 3. The fourth-order valence-corrected chi connectivity index (χ4v) is 7.12. The molecule has 4 aromatic carbocycles. The Morgan fingerprint density at radius 3 is 1.40 bits per heavy atom. The van der Waals surface area contributed by atoms with E-state index in [1.807, 2.05) is 60.7 Å². The minimum atomic E-state index is -0.838. The molecule has 2 unspecified atom stereocenters. The molecular formula is C46H55N3O4. The van der Waals surface area contributed by atoms with E-state index in [1.165, 1.54) is 44.9 Å². The molecule has 3 amide bonds. The van der Waals surface area contributed by atoms with Crippen molar-refractivity contribution >= 4 is 23.5 Å². The van der Waals surface area contributed by atoms with E-state index in [-0.39, 0.29) is 22.5 Å². The first-order valence-electron chi connectivity index (χ1n) is 19.7. The Labute approximate surface area is 315 Å². The monoisotopic (exact) mass is 713 g/mol. The van der Waals surface area contributed by atoms with Crippen LogP contribution in [-0.2, 0) is 17.6 Å². The van der Waals surface area contributed by atoms with Crippen LogP contribution >= 0.6 is 0 Å². The third-order valence-corrected chi connectivity index (χ3v) is 10.1. The van der Waals surface area contributed by atoms with Gasteiger partial charge in [-0.1, -0.05) is 161 Å². The molecule has 0 bridgehead atoms. The van der Waals surface area contributed by atoms with Crippen LogP contribution in [0.4, 0.5) is 0 Å². The van der Waals surface area contributed by atoms with Crippen LogP contribution < -0.4 is 10.6 Å². The number of hydrogen-bond acceptors (Lipinski definition) is 6. The predicted octanol–water partition coefficient (Wildman–Crippen LogP) is 8.78. The van der Waals surface area contributed by atoms with Crippen molar-refractivity contribution in [1.29, 1.82) is 0 Å². The number of nitrogens with one attached hydrogen (secondary N) is 2. The quantitative estimate of drug-likeness (QED) is 0.201. The molecule has 2 atom stereocenters. The Bertz CT molecular complexity index is 1730. The summed E-state index contributed by atoms with van der Waals surface area (Å²) < 4.78 is 0. The van der Waals surface area contributed by atoms with Crippen LogP contribution in [-0.4, -0.2) is 53.6 Å². The van der Waals surface area contributed by atoms with Gasteiger partial charge in [-0.05, 0) is 68.1 Å². The first-order chi connectivity index (χ1) is 26.0. The molecular weight excluding hydrogens is 659 g/mol. The molecule has 1 aliphatic rings. The maximum Gasteiger partial charge on any atom is 0.268 e. The van der Waals surface area contributed by atoms with Crippen molar-refractivity contribution in [3.05, 3.63) is 143 Å². The number of imide groups is 3. The van der Waals surface area contributed by atoms with Gasteiger partial charge in [0.2, 0.25) is 0 Å². The van der Waals surface area contributed by atoms with Gasteiger partial charge in [0.05, 0.1) is 17.6 Å². The lowest BCUT2D eigenvalue weighted by Crippen LogP contribution is -2.53. The number of nitrogens with zero attached hydrogens (tertiary/aromatic N) is 1. The average molecular weight is 714 g/mol. The summed E-state index contributed by atoms with van der Waals surface area (Å²) in [4.78, 5) is 59.0. The van der Waals surface area contributed by atoms with E-state index >= 15 is 0 Å². The summed E-state index contributed by atoms with van der Waals surface area (Å²) in [7, 11) is 0. The number of carbonyl (C=O) groups is 4. The molecule has 7 heteroatoms. The number of Topliss-reactive ketones (excluding diaryl/α,β-unsaturated/α-hetero) is 1. The minimum absolute atomic E-state index is 0.0305. The van der Waals surface area contributed by atoms with Gasteiger partial charge in [0.1, 0.15) is 0 Å². The van der Waals surface area contributed by atoms with Crippen LogP contribution in [0.15, 0.2) is 115 Å². The number of carbonyl (C=O) groups excluding carboxylic acids is 4. The lowest BCUT2D eigenvalue weighted by atomic mass is 9.93. The maximum atomic E-state index is 14.8. The van der Waals surface area contributed by atoms with Crippen LogP contribution in [0.25, 0.3) is 0 Å². The van der Waals surface area contributed by atoms with Crippen LogP contribution in [0.2, 0.25) is 0 Å². The molecule has 5 rings (SSSR count). The zero-order valence-corrected chi connectivity index (χ0v) is 31.0. The Hall–Kier alpha value is -4.72. The second-order valence-electron chi connectivity index (χ2n) is 14.2. The molecule has 1 heterocycles. The molecule has 0 saturated heterocycles. The van der Waals surface area contributed by atoms with E-state index in [9.17, 15) is 19.2 Å². The van der Waals surface area contributed by atoms with E-state index in [2.05, 4.69) is 10.6 Å². The Balaban J connectivity index is 1.50. The topological polar surface area (TPSA) is 95.6 Å². The molecule has 1 aliphatic heterocycles. The number of fused-ring (bicyclic) bond motifs is 1. The molecule has 0 aliphatic carbocycles. The molecule has 7 nitrogen and oxygen atoms in total. The largest absolute Gasteiger partial charge is 0.307 e. The highest BCUT2D eigenvalue weighted by atomic mass is 16.2. The van der Waals surface area contributed by atoms with Crippen molar-refractivity contribution in [2.45, 2.75) is 102 Å². The zero-order chi connectivity index (χ0) is 37.1. The van der Waals surface area contributed by atoms with Gasteiger partial charge in [-0.25, -0.2) is 4.90 Å². The SMILES string of the molecule is O=C1c2ccccc2C(=O)N(C(=O)c2ccccc2)C(=O)C(Cc2ccccc2)NCCCCCCCCCCCCCCNC1Cc1ccccc1. The molecule has 0 saturated carbocycles. The van der Waals surface area contributed by atoms with Gasteiger partial charge in [0.15, 0.2) is 5.78 Å². The lowest BCUT2D eigenvalue weighted by molar-refractivity contribution is -0.128. The predicted molar refractivity (Wildman–Crippen MR) is 212 cm³/mol. The van der Waals surface area contributed by atoms with E-state index in [4.69, 9.17) is 0 Å². The third kappa shape index (κ3) is 12.2. The van der Waals surface area contributed by atoms with Crippen LogP contribution in [0, 0.1) is 0 Å². The summed E-state index contributed by atoms with van der Waals surface area (Å²) in [6.07, 6.45) is 14.5. The summed E-state index contributed by atoms with van der Waals surface area (Å²) in [6, 6.07) is 33.0. The standard InChI is InChI=1S/C46H55N3O4/c50-43-39-30-20-21-31-40(39)45(52)49(44(51)38-28-18-13-19-29-38)46(53)42(35-37-26-16-12-17-27-37)48-33-23-10-8-6-4-2-1-3-5-7-9-22-32-47-41(43)34-36-24-14-11-15-25-36/h11-21,24-31,41-42,47-48H,1-10,22-23,32-35H2. The van der Waals surface area contributed by atoms with Crippen molar-refractivity contribution < 1.29 is 19.2 Å². The molecule has 2 N–H and O–H groups in total. The summed E-state index contributed by atoms with van der Waals surface area (Å²) in [5, 5.41) is 6.93. The van der Waals surface area contributed by atoms with Crippen molar-refractivity contribution in [2.24, 2.45) is 0 Å². The highest BCUT2D eigenvalue weighted by molar-refractivity contribution is 6.23. The first kappa shape index (κ1) is 39.5. The second kappa shape index (κ2) is 21.7. The Morgan fingerprint density at radius 2 is 0.887 bits per heavy atom. The van der Waals surface area contributed by atoms with Crippen LogP contribution in [0.3, 0.4) is 0 Å². The number of rotatable bonds is 5. The van der Waals surface area contributed by atoms with Gasteiger partial charge in [0, 0.05) is 11.1 Å². The highest BCUT2D eigenvalue weighted by Gasteiger charge is 2.37. The minimum Gasteiger partial charge on any atom is -0.307 e. The summed E-state index contributed by atoms with van der Waals surface area (Å²) >= 11 is 0. The van der Waals surface area contributed by atoms with Gasteiger partial charge < -0.3 is 10.6 Å². The fourth-order valence-electron chi connectivity index (χ4n) is 7.12. The molecule has 0 aromatic heterocycles. The number of hydrogen-bond donors (Lipinski definition) is 2. The molecule has 278 valence electrons. The highest BCUT2D eigenvalue weighted by Crippen LogP contribution is 2.21. The van der Waals surface area contributed by atoms with E-state index < -0.39 is 29.8 Å². The average Bonchev–Trinajstić information content (AvgIpc) is 3.20. The number of ketones is 1. The fraction of sp³-hybridized carbons (Fsp3) is 0.391. The van der Waals surface area contributed by atoms with Crippen molar-refractivity contribution in [1.82, 2.24) is 15.5 Å². The van der Waals surface area contributed by atoms with E-state index in [1.54, 1.807) is 54.6 Å². The van der Waals surface area contributed by atoms with Gasteiger partial charge in [0.25, 0.3) is 17.7 Å². The van der Waals surface area contributed by atoms with E-state index in [0.717, 1.165) is 48.1 Å². The number of benzene rings is 4. The lowest BCUT2D eigenvalue weighted by Gasteiger charge is -2.27. The van der Waals surface area contributed by atoms with Gasteiger partial charge >= 0.3 is 0 Å². The second-order valence-corrected chi connectivity index (χ2v) is 14.2. The van der Waals surface area contributed by atoms with Crippen LogP contribution in [0.5, 0.6) is 0 Å². The van der Waals surface area contributed by atoms with Crippen LogP contribution in [0.1, 0.15) is 119 Å². The molecule has 4 aromatic rings. The van der Waals surface area contributed by atoms with Crippen molar-refractivity contribution in [3.8, 4) is 0 Å². The van der Waals surface area contributed by atoms with Gasteiger partial charge in [-0.15, -0.1) is 0 Å². The molecule has 0 fully saturated rings. The van der Waals surface area contributed by atoms with Gasteiger partial charge in [-0.3, -0.25) is 19.2 Å². The Kier molecular flexibility index (Phi) is 16.2. The van der Waals surface area contributed by atoms with Crippen molar-refractivity contribution in [3.63, 3.8) is 0 Å². The molecule has 0 spiro atoms. The maximum absolute atomic E-state index is 14.8.